The number of pyridine rings is 1. The fraction of sp³-hybridized carbons (Fsp3) is 0.167. The SMILES string of the molecule is Cc1ncc(B(O)O)cc1Br.Cl. The number of aromatic nitrogens is 1. The Morgan fingerprint density at radius 2 is 2.08 bits per heavy atom. The molecule has 0 radical (unpaired) electrons. The first kappa shape index (κ1) is 11.9. The molecule has 0 fully saturated rings. The molecule has 2 N–H and O–H groups in total. The first-order chi connectivity index (χ1) is 5.11. The molecule has 3 nitrogen and oxygen atoms in total. The average molecular weight is 252 g/mol. The van der Waals surface area contributed by atoms with Gasteiger partial charge in [-0.15, -0.1) is 12.4 Å². The summed E-state index contributed by atoms with van der Waals surface area (Å²) in [5, 5.41) is 17.5. The molecule has 1 heterocycles. The molecule has 0 aromatic carbocycles. The van der Waals surface area contributed by atoms with Crippen molar-refractivity contribution in [3.63, 3.8) is 0 Å². The van der Waals surface area contributed by atoms with Crippen LogP contribution in [0, 0.1) is 6.92 Å². The summed E-state index contributed by atoms with van der Waals surface area (Å²) in [6, 6.07) is 1.63. The molecule has 12 heavy (non-hydrogen) atoms. The van der Waals surface area contributed by atoms with Gasteiger partial charge in [-0.2, -0.15) is 0 Å². The summed E-state index contributed by atoms with van der Waals surface area (Å²) in [5.74, 6) is 0. The molecule has 0 bridgehead atoms. The van der Waals surface area contributed by atoms with E-state index in [1.807, 2.05) is 6.92 Å². The van der Waals surface area contributed by atoms with Gasteiger partial charge in [0.1, 0.15) is 0 Å². The number of hydrogen-bond acceptors (Lipinski definition) is 3. The van der Waals surface area contributed by atoms with Crippen molar-refractivity contribution in [1.29, 1.82) is 0 Å². The maximum absolute atomic E-state index is 8.73. The Balaban J connectivity index is 0.00000121. The van der Waals surface area contributed by atoms with E-state index in [1.54, 1.807) is 6.07 Å². The van der Waals surface area contributed by atoms with Crippen molar-refractivity contribution >= 4 is 40.9 Å². The van der Waals surface area contributed by atoms with Crippen molar-refractivity contribution in [3.8, 4) is 0 Å². The Bertz CT molecular complexity index is 272. The fourth-order valence-corrected chi connectivity index (χ4v) is 1.03. The molecule has 1 aromatic heterocycles. The van der Waals surface area contributed by atoms with Crippen LogP contribution in [0.4, 0.5) is 0 Å². The Kier molecular flexibility index (Phi) is 4.78. The third-order valence-electron chi connectivity index (χ3n) is 1.34. The molecule has 0 spiro atoms. The van der Waals surface area contributed by atoms with Crippen molar-refractivity contribution in [2.45, 2.75) is 6.92 Å². The van der Waals surface area contributed by atoms with E-state index >= 15 is 0 Å². The Hall–Kier alpha value is -0.0951. The Labute approximate surface area is 85.5 Å². The average Bonchev–Trinajstić information content (AvgIpc) is 1.94. The lowest BCUT2D eigenvalue weighted by Gasteiger charge is -2.00. The van der Waals surface area contributed by atoms with E-state index in [1.165, 1.54) is 6.20 Å². The van der Waals surface area contributed by atoms with E-state index in [9.17, 15) is 0 Å². The van der Waals surface area contributed by atoms with Crippen LogP contribution in [0.3, 0.4) is 0 Å². The zero-order valence-electron chi connectivity index (χ0n) is 6.36. The number of aryl methyl sites for hydroxylation is 1. The van der Waals surface area contributed by atoms with Crippen molar-refractivity contribution in [2.24, 2.45) is 0 Å². The molecule has 1 rings (SSSR count). The minimum absolute atomic E-state index is 0. The highest BCUT2D eigenvalue weighted by Gasteiger charge is 2.11. The number of nitrogens with zero attached hydrogens (tertiary/aromatic N) is 1. The molecule has 0 saturated carbocycles. The highest BCUT2D eigenvalue weighted by Crippen LogP contribution is 2.10. The summed E-state index contributed by atoms with van der Waals surface area (Å²) in [7, 11) is -1.44. The van der Waals surface area contributed by atoms with E-state index in [4.69, 9.17) is 10.0 Å². The maximum atomic E-state index is 8.73. The zero-order chi connectivity index (χ0) is 8.43. The van der Waals surface area contributed by atoms with Crippen LogP contribution in [-0.2, 0) is 0 Å². The topological polar surface area (TPSA) is 53.4 Å². The highest BCUT2D eigenvalue weighted by atomic mass is 79.9. The quantitative estimate of drug-likeness (QED) is 0.705. The molecule has 0 aliphatic rings. The smallest absolute Gasteiger partial charge is 0.423 e. The summed E-state index contributed by atoms with van der Waals surface area (Å²) < 4.78 is 0.781. The second-order valence-corrected chi connectivity index (χ2v) is 3.06. The first-order valence-corrected chi connectivity index (χ1v) is 3.88. The normalized spacial score (nSPS) is 9.00. The minimum atomic E-state index is -1.44. The largest absolute Gasteiger partial charge is 0.490 e. The van der Waals surface area contributed by atoms with Gasteiger partial charge >= 0.3 is 7.12 Å². The highest BCUT2D eigenvalue weighted by molar-refractivity contribution is 9.10. The van der Waals surface area contributed by atoms with Gasteiger partial charge in [0.05, 0.1) is 5.69 Å². The summed E-state index contributed by atoms with van der Waals surface area (Å²) >= 11 is 3.23. The van der Waals surface area contributed by atoms with Gasteiger partial charge in [-0.25, -0.2) is 0 Å². The molecular formula is C6H8BBrClNO2. The van der Waals surface area contributed by atoms with Crippen molar-refractivity contribution in [1.82, 2.24) is 4.98 Å². The number of halogens is 2. The fourth-order valence-electron chi connectivity index (χ4n) is 0.662. The van der Waals surface area contributed by atoms with Crippen molar-refractivity contribution in [3.05, 3.63) is 22.4 Å². The van der Waals surface area contributed by atoms with Crippen LogP contribution in [0.1, 0.15) is 5.69 Å². The number of hydrogen-bond donors (Lipinski definition) is 2. The van der Waals surface area contributed by atoms with Gasteiger partial charge < -0.3 is 10.0 Å². The van der Waals surface area contributed by atoms with E-state index in [0.717, 1.165) is 10.2 Å². The van der Waals surface area contributed by atoms with Crippen molar-refractivity contribution < 1.29 is 10.0 Å². The third kappa shape index (κ3) is 2.75. The van der Waals surface area contributed by atoms with Gasteiger partial charge in [-0.05, 0) is 28.9 Å². The molecule has 0 aliphatic carbocycles. The molecule has 1 aromatic rings. The Morgan fingerprint density at radius 1 is 1.50 bits per heavy atom. The lowest BCUT2D eigenvalue weighted by Crippen LogP contribution is -2.30. The van der Waals surface area contributed by atoms with E-state index in [-0.39, 0.29) is 12.4 Å². The van der Waals surface area contributed by atoms with Crippen molar-refractivity contribution in [2.75, 3.05) is 0 Å². The first-order valence-electron chi connectivity index (χ1n) is 3.09. The summed E-state index contributed by atoms with van der Waals surface area (Å²) in [5.41, 5.74) is 1.22. The summed E-state index contributed by atoms with van der Waals surface area (Å²) in [4.78, 5) is 3.93. The van der Waals surface area contributed by atoms with Crippen LogP contribution in [0.2, 0.25) is 0 Å². The molecule has 66 valence electrons. The monoisotopic (exact) mass is 251 g/mol. The van der Waals surface area contributed by atoms with Crippen LogP contribution < -0.4 is 5.46 Å². The molecule has 0 amide bonds. The van der Waals surface area contributed by atoms with E-state index in [2.05, 4.69) is 20.9 Å². The van der Waals surface area contributed by atoms with Gasteiger partial charge in [-0.1, -0.05) is 0 Å². The van der Waals surface area contributed by atoms with Gasteiger partial charge in [0.15, 0.2) is 0 Å². The van der Waals surface area contributed by atoms with Crippen LogP contribution >= 0.6 is 28.3 Å². The van der Waals surface area contributed by atoms with E-state index < -0.39 is 7.12 Å². The predicted molar refractivity (Wildman–Crippen MR) is 53.7 cm³/mol. The van der Waals surface area contributed by atoms with Crippen LogP contribution in [-0.4, -0.2) is 22.2 Å². The number of rotatable bonds is 1. The van der Waals surface area contributed by atoms with Gasteiger partial charge in [-0.3, -0.25) is 4.98 Å². The van der Waals surface area contributed by atoms with Crippen LogP contribution in [0.25, 0.3) is 0 Å². The lowest BCUT2D eigenvalue weighted by molar-refractivity contribution is 0.425. The third-order valence-corrected chi connectivity index (χ3v) is 2.15. The molecule has 0 atom stereocenters. The van der Waals surface area contributed by atoms with Gasteiger partial charge in [0, 0.05) is 16.1 Å². The molecule has 0 unspecified atom stereocenters. The second kappa shape index (κ2) is 4.82. The lowest BCUT2D eigenvalue weighted by atomic mass is 9.82. The van der Waals surface area contributed by atoms with Crippen LogP contribution in [0.15, 0.2) is 16.7 Å². The van der Waals surface area contributed by atoms with Crippen LogP contribution in [0.5, 0.6) is 0 Å². The van der Waals surface area contributed by atoms with Gasteiger partial charge in [0.2, 0.25) is 0 Å². The van der Waals surface area contributed by atoms with E-state index in [0.29, 0.717) is 5.46 Å². The minimum Gasteiger partial charge on any atom is -0.423 e. The van der Waals surface area contributed by atoms with Gasteiger partial charge in [0.25, 0.3) is 0 Å². The summed E-state index contributed by atoms with van der Waals surface area (Å²) in [6.07, 6.45) is 1.44. The maximum Gasteiger partial charge on any atom is 0.490 e. The molecule has 6 heteroatoms. The second-order valence-electron chi connectivity index (χ2n) is 2.21. The molecule has 0 aliphatic heterocycles. The predicted octanol–water partition coefficient (Wildman–Crippen LogP) is 0.254. The molecular weight excluding hydrogens is 244 g/mol. The zero-order valence-corrected chi connectivity index (χ0v) is 8.76. The molecule has 0 saturated heterocycles. The standard InChI is InChI=1S/C6H7BBrNO2.ClH/c1-4-6(8)2-5(3-9-4)7(10)11;/h2-3,10-11H,1H3;1H. The Morgan fingerprint density at radius 3 is 2.50 bits per heavy atom. The summed E-state index contributed by atoms with van der Waals surface area (Å²) in [6.45, 7) is 1.83.